The summed E-state index contributed by atoms with van der Waals surface area (Å²) in [5, 5.41) is 8.00. The van der Waals surface area contributed by atoms with Crippen molar-refractivity contribution in [1.29, 1.82) is 0 Å². The Morgan fingerprint density at radius 3 is 1.40 bits per heavy atom. The average Bonchev–Trinajstić information content (AvgIpc) is 2.87. The Labute approximate surface area is 205 Å². The molecule has 10 nitrogen and oxygen atoms in total. The molecule has 0 unspecified atom stereocenters. The average molecular weight is 485 g/mol. The third kappa shape index (κ3) is 10.2. The smallest absolute Gasteiger partial charge is 0.427 e. The lowest BCUT2D eigenvalue weighted by Crippen LogP contribution is -2.20. The van der Waals surface area contributed by atoms with Crippen LogP contribution in [0, 0.1) is 0 Å². The van der Waals surface area contributed by atoms with Gasteiger partial charge in [0.15, 0.2) is 0 Å². The number of rotatable bonds is 12. The Morgan fingerprint density at radius 1 is 0.686 bits per heavy atom. The minimum Gasteiger partial charge on any atom is -0.493 e. The Hall–Kier alpha value is -4.08. The summed E-state index contributed by atoms with van der Waals surface area (Å²) in [6, 6.07) is 14.9. The molecule has 2 rings (SSSR count). The van der Waals surface area contributed by atoms with E-state index >= 15 is 0 Å². The van der Waals surface area contributed by atoms with Crippen molar-refractivity contribution >= 4 is 23.6 Å². The van der Waals surface area contributed by atoms with E-state index in [4.69, 9.17) is 18.9 Å². The van der Waals surface area contributed by atoms with Crippen molar-refractivity contribution < 1.29 is 28.5 Å². The molecular formula is C25H32N4O6. The van der Waals surface area contributed by atoms with Gasteiger partial charge >= 0.3 is 12.2 Å². The summed E-state index contributed by atoms with van der Waals surface area (Å²) in [6.45, 7) is 8.62. The van der Waals surface area contributed by atoms with Crippen LogP contribution in [0.5, 0.6) is 11.5 Å². The zero-order valence-corrected chi connectivity index (χ0v) is 20.5. The summed E-state index contributed by atoms with van der Waals surface area (Å²) >= 11 is 0. The van der Waals surface area contributed by atoms with Gasteiger partial charge in [0.2, 0.25) is 0 Å². The van der Waals surface area contributed by atoms with Crippen molar-refractivity contribution in [2.24, 2.45) is 10.2 Å². The van der Waals surface area contributed by atoms with Crippen LogP contribution in [0.2, 0.25) is 0 Å². The number of amides is 2. The highest BCUT2D eigenvalue weighted by molar-refractivity contribution is 5.99. The molecule has 0 radical (unpaired) electrons. The predicted octanol–water partition coefficient (Wildman–Crippen LogP) is 4.47. The third-order valence-corrected chi connectivity index (χ3v) is 4.55. The molecule has 0 aliphatic rings. The molecule has 2 aromatic rings. The van der Waals surface area contributed by atoms with Crippen LogP contribution in [0.1, 0.15) is 45.2 Å². The van der Waals surface area contributed by atoms with E-state index in [-0.39, 0.29) is 13.2 Å². The second-order valence-corrected chi connectivity index (χ2v) is 7.16. The molecule has 2 N–H and O–H groups in total. The van der Waals surface area contributed by atoms with Gasteiger partial charge in [0.25, 0.3) is 0 Å². The Morgan fingerprint density at radius 2 is 1.06 bits per heavy atom. The second-order valence-electron chi connectivity index (χ2n) is 7.16. The summed E-state index contributed by atoms with van der Waals surface area (Å²) in [5.41, 5.74) is 7.70. The molecule has 0 spiro atoms. The molecule has 0 atom stereocenters. The topological polar surface area (TPSA) is 120 Å². The van der Waals surface area contributed by atoms with E-state index in [1.807, 2.05) is 48.5 Å². The highest BCUT2D eigenvalue weighted by Gasteiger charge is 2.04. The van der Waals surface area contributed by atoms with Gasteiger partial charge in [0.1, 0.15) is 11.5 Å². The van der Waals surface area contributed by atoms with E-state index in [1.54, 1.807) is 27.7 Å². The molecule has 2 amide bonds. The van der Waals surface area contributed by atoms with Crippen LogP contribution in [-0.2, 0) is 9.47 Å². The number of benzene rings is 2. The fraction of sp³-hybridized carbons (Fsp3) is 0.360. The molecular weight excluding hydrogens is 452 g/mol. The molecule has 0 heterocycles. The van der Waals surface area contributed by atoms with E-state index in [0.29, 0.717) is 31.1 Å². The maximum Gasteiger partial charge on any atom is 0.427 e. The first-order valence-electron chi connectivity index (χ1n) is 11.3. The zero-order chi connectivity index (χ0) is 25.5. The molecule has 0 saturated heterocycles. The van der Waals surface area contributed by atoms with Gasteiger partial charge in [0.05, 0.1) is 37.9 Å². The molecule has 0 bridgehead atoms. The van der Waals surface area contributed by atoms with Crippen molar-refractivity contribution in [3.8, 4) is 11.5 Å². The van der Waals surface area contributed by atoms with Gasteiger partial charge in [-0.15, -0.1) is 0 Å². The van der Waals surface area contributed by atoms with Gasteiger partial charge in [-0.2, -0.15) is 10.2 Å². The lowest BCUT2D eigenvalue weighted by Gasteiger charge is -2.09. The highest BCUT2D eigenvalue weighted by Crippen LogP contribution is 2.15. The highest BCUT2D eigenvalue weighted by atomic mass is 16.6. The maximum atomic E-state index is 11.3. The summed E-state index contributed by atoms with van der Waals surface area (Å²) in [7, 11) is 0. The van der Waals surface area contributed by atoms with E-state index in [9.17, 15) is 9.59 Å². The summed E-state index contributed by atoms with van der Waals surface area (Å²) < 4.78 is 21.0. The summed E-state index contributed by atoms with van der Waals surface area (Å²) in [6.07, 6.45) is -0.466. The summed E-state index contributed by atoms with van der Waals surface area (Å²) in [5.74, 6) is 1.46. The lowest BCUT2D eigenvalue weighted by molar-refractivity contribution is 0.151. The molecule has 0 fully saturated rings. The number of hydrazone groups is 2. The Kier molecular flexibility index (Phi) is 11.6. The fourth-order valence-corrected chi connectivity index (χ4v) is 2.74. The van der Waals surface area contributed by atoms with Crippen LogP contribution in [-0.4, -0.2) is 50.0 Å². The van der Waals surface area contributed by atoms with Crippen molar-refractivity contribution in [3.63, 3.8) is 0 Å². The van der Waals surface area contributed by atoms with Gasteiger partial charge in [0, 0.05) is 6.42 Å². The Balaban J connectivity index is 1.71. The van der Waals surface area contributed by atoms with Gasteiger partial charge in [-0.25, -0.2) is 20.4 Å². The van der Waals surface area contributed by atoms with Crippen LogP contribution < -0.4 is 20.3 Å². The Bertz CT molecular complexity index is 922. The monoisotopic (exact) mass is 484 g/mol. The molecule has 35 heavy (non-hydrogen) atoms. The first-order valence-corrected chi connectivity index (χ1v) is 11.3. The van der Waals surface area contributed by atoms with Gasteiger partial charge in [-0.1, -0.05) is 0 Å². The van der Waals surface area contributed by atoms with E-state index in [0.717, 1.165) is 22.6 Å². The van der Waals surface area contributed by atoms with Crippen molar-refractivity contribution in [1.82, 2.24) is 10.9 Å². The standard InChI is InChI=1S/C25H32N4O6/c1-5-32-24(30)28-26-18(3)20-8-12-22(13-9-20)34-16-7-17-35-23-14-10-21(11-15-23)19(4)27-29-25(31)33-6-2/h8-15H,5-7,16-17H2,1-4H3,(H,28,30)(H,29,31)/b26-18+,27-19+. The molecule has 10 heteroatoms. The van der Waals surface area contributed by atoms with Crippen LogP contribution in [0.3, 0.4) is 0 Å². The van der Waals surface area contributed by atoms with Gasteiger partial charge < -0.3 is 18.9 Å². The number of carbonyl (C=O) groups excluding carboxylic acids is 2. The normalized spacial score (nSPS) is 11.4. The molecule has 0 aliphatic carbocycles. The number of nitrogens with zero attached hydrogens (tertiary/aromatic N) is 2. The number of carbonyl (C=O) groups is 2. The third-order valence-electron chi connectivity index (χ3n) is 4.55. The first-order chi connectivity index (χ1) is 16.9. The number of ether oxygens (including phenoxy) is 4. The van der Waals surface area contributed by atoms with E-state index < -0.39 is 12.2 Å². The van der Waals surface area contributed by atoms with E-state index in [2.05, 4.69) is 21.1 Å². The zero-order valence-electron chi connectivity index (χ0n) is 20.5. The summed E-state index contributed by atoms with van der Waals surface area (Å²) in [4.78, 5) is 22.6. The minimum atomic E-state index is -0.586. The molecule has 0 aromatic heterocycles. The largest absolute Gasteiger partial charge is 0.493 e. The van der Waals surface area contributed by atoms with Crippen LogP contribution in [0.25, 0.3) is 0 Å². The number of hydrogen-bond donors (Lipinski definition) is 2. The number of nitrogens with one attached hydrogen (secondary N) is 2. The van der Waals surface area contributed by atoms with Crippen molar-refractivity contribution in [2.75, 3.05) is 26.4 Å². The van der Waals surface area contributed by atoms with Crippen LogP contribution in [0.15, 0.2) is 58.7 Å². The molecule has 0 saturated carbocycles. The SMILES string of the molecule is CCOC(=O)N/N=C(\C)c1ccc(OCCCOc2ccc(/C(C)=N/NC(=O)OCC)cc2)cc1. The minimum absolute atomic E-state index is 0.288. The van der Waals surface area contributed by atoms with Crippen molar-refractivity contribution in [2.45, 2.75) is 34.1 Å². The van der Waals surface area contributed by atoms with Crippen LogP contribution in [0.4, 0.5) is 9.59 Å². The van der Waals surface area contributed by atoms with Crippen molar-refractivity contribution in [3.05, 3.63) is 59.7 Å². The molecule has 188 valence electrons. The predicted molar refractivity (Wildman–Crippen MR) is 133 cm³/mol. The van der Waals surface area contributed by atoms with Gasteiger partial charge in [-0.05, 0) is 87.4 Å². The van der Waals surface area contributed by atoms with Crippen LogP contribution >= 0.6 is 0 Å². The quantitative estimate of drug-likeness (QED) is 0.260. The van der Waals surface area contributed by atoms with Gasteiger partial charge in [-0.3, -0.25) is 0 Å². The lowest BCUT2D eigenvalue weighted by atomic mass is 10.1. The second kappa shape index (κ2) is 14.9. The number of hydrogen-bond acceptors (Lipinski definition) is 8. The maximum absolute atomic E-state index is 11.3. The molecule has 0 aliphatic heterocycles. The van der Waals surface area contributed by atoms with E-state index in [1.165, 1.54) is 0 Å². The molecule has 2 aromatic carbocycles. The fourth-order valence-electron chi connectivity index (χ4n) is 2.74. The first kappa shape index (κ1) is 27.2.